The van der Waals surface area contributed by atoms with Crippen molar-refractivity contribution in [1.29, 1.82) is 0 Å². The third-order valence-corrected chi connectivity index (χ3v) is 1.59. The number of H-pyrrole nitrogens is 1. The zero-order valence-corrected chi connectivity index (χ0v) is 6.54. The third kappa shape index (κ3) is 0.947. The Morgan fingerprint density at radius 1 is 1.58 bits per heavy atom. The van der Waals surface area contributed by atoms with Crippen LogP contribution in [0.15, 0.2) is 12.5 Å². The SMILES string of the molecule is O=C(Cl)c1n[nH]c2cncnc12. The summed E-state index contributed by atoms with van der Waals surface area (Å²) in [4.78, 5) is 18.3. The summed E-state index contributed by atoms with van der Waals surface area (Å²) in [7, 11) is 0. The lowest BCUT2D eigenvalue weighted by Crippen LogP contribution is -1.90. The number of hydrogen-bond acceptors (Lipinski definition) is 4. The van der Waals surface area contributed by atoms with E-state index in [1.807, 2.05) is 0 Å². The Balaban J connectivity index is 2.79. The van der Waals surface area contributed by atoms with Crippen LogP contribution in [0.25, 0.3) is 11.0 Å². The van der Waals surface area contributed by atoms with Crippen molar-refractivity contribution in [3.05, 3.63) is 18.2 Å². The van der Waals surface area contributed by atoms with Crippen LogP contribution in [0, 0.1) is 0 Å². The van der Waals surface area contributed by atoms with Gasteiger partial charge < -0.3 is 0 Å². The van der Waals surface area contributed by atoms with Crippen molar-refractivity contribution < 1.29 is 4.79 Å². The molecule has 2 aromatic rings. The van der Waals surface area contributed by atoms with Gasteiger partial charge in [-0.2, -0.15) is 5.10 Å². The smallest absolute Gasteiger partial charge is 0.274 e. The number of halogens is 1. The van der Waals surface area contributed by atoms with Crippen molar-refractivity contribution in [2.75, 3.05) is 0 Å². The first-order chi connectivity index (χ1) is 5.79. The summed E-state index contributed by atoms with van der Waals surface area (Å²) in [6.07, 6.45) is 2.86. The van der Waals surface area contributed by atoms with E-state index in [0.717, 1.165) is 0 Å². The second kappa shape index (κ2) is 2.53. The predicted octanol–water partition coefficient (Wildman–Crippen LogP) is 0.732. The molecule has 0 atom stereocenters. The van der Waals surface area contributed by atoms with Crippen molar-refractivity contribution in [2.45, 2.75) is 0 Å². The average Bonchev–Trinajstić information content (AvgIpc) is 2.47. The Labute approximate surface area is 71.8 Å². The molecule has 6 heteroatoms. The highest BCUT2D eigenvalue weighted by Gasteiger charge is 2.11. The molecule has 0 saturated heterocycles. The van der Waals surface area contributed by atoms with E-state index in [1.54, 1.807) is 0 Å². The fraction of sp³-hybridized carbons (Fsp3) is 0. The Morgan fingerprint density at radius 2 is 2.42 bits per heavy atom. The van der Waals surface area contributed by atoms with Crippen LogP contribution in [0.5, 0.6) is 0 Å². The van der Waals surface area contributed by atoms with Gasteiger partial charge in [0.2, 0.25) is 0 Å². The topological polar surface area (TPSA) is 71.5 Å². The first kappa shape index (κ1) is 7.17. The van der Waals surface area contributed by atoms with E-state index in [4.69, 9.17) is 11.6 Å². The van der Waals surface area contributed by atoms with Gasteiger partial charge >= 0.3 is 0 Å². The molecule has 60 valence electrons. The molecular weight excluding hydrogens is 180 g/mol. The summed E-state index contributed by atoms with van der Waals surface area (Å²) in [5.74, 6) is 0. The van der Waals surface area contributed by atoms with Gasteiger partial charge in [0.1, 0.15) is 17.4 Å². The van der Waals surface area contributed by atoms with Crippen molar-refractivity contribution in [3.8, 4) is 0 Å². The van der Waals surface area contributed by atoms with Crippen LogP contribution in [-0.4, -0.2) is 25.4 Å². The number of aromatic nitrogens is 4. The minimum Gasteiger partial charge on any atom is -0.274 e. The molecule has 2 aromatic heterocycles. The Bertz CT molecular complexity index is 438. The maximum atomic E-state index is 10.7. The van der Waals surface area contributed by atoms with Gasteiger partial charge in [0.05, 0.1) is 6.20 Å². The molecule has 0 aromatic carbocycles. The minimum atomic E-state index is -0.625. The van der Waals surface area contributed by atoms with Crippen LogP contribution < -0.4 is 0 Å². The van der Waals surface area contributed by atoms with E-state index in [1.165, 1.54) is 12.5 Å². The van der Waals surface area contributed by atoms with E-state index in [0.29, 0.717) is 11.0 Å². The molecule has 0 aliphatic carbocycles. The number of aromatic amines is 1. The standard InChI is InChI=1S/C6H3ClN4O/c7-6(12)5-4-3(10-11-5)1-8-2-9-4/h1-2H,(H,10,11). The average molecular weight is 183 g/mol. The molecule has 0 amide bonds. The summed E-state index contributed by atoms with van der Waals surface area (Å²) in [5.41, 5.74) is 1.18. The molecule has 0 unspecified atom stereocenters. The minimum absolute atomic E-state index is 0.133. The van der Waals surface area contributed by atoms with Gasteiger partial charge in [0.15, 0.2) is 5.69 Å². The second-order valence-electron chi connectivity index (χ2n) is 2.13. The first-order valence-corrected chi connectivity index (χ1v) is 3.51. The van der Waals surface area contributed by atoms with Crippen LogP contribution in [0.3, 0.4) is 0 Å². The maximum absolute atomic E-state index is 10.7. The zero-order chi connectivity index (χ0) is 8.55. The van der Waals surface area contributed by atoms with Gasteiger partial charge in [-0.3, -0.25) is 9.89 Å². The van der Waals surface area contributed by atoms with Crippen LogP contribution in [-0.2, 0) is 0 Å². The van der Waals surface area contributed by atoms with Gasteiger partial charge in [0.25, 0.3) is 5.24 Å². The molecule has 0 aliphatic heterocycles. The lowest BCUT2D eigenvalue weighted by atomic mass is 10.4. The Morgan fingerprint density at radius 3 is 3.17 bits per heavy atom. The first-order valence-electron chi connectivity index (χ1n) is 3.13. The van der Waals surface area contributed by atoms with E-state index >= 15 is 0 Å². The van der Waals surface area contributed by atoms with E-state index in [9.17, 15) is 4.79 Å². The number of nitrogens with one attached hydrogen (secondary N) is 1. The number of rotatable bonds is 1. The van der Waals surface area contributed by atoms with Gasteiger partial charge in [-0.1, -0.05) is 0 Å². The number of fused-ring (bicyclic) bond motifs is 1. The van der Waals surface area contributed by atoms with Crippen molar-refractivity contribution in [2.24, 2.45) is 0 Å². The normalized spacial score (nSPS) is 10.4. The molecule has 2 heterocycles. The molecule has 0 bridgehead atoms. The third-order valence-electron chi connectivity index (χ3n) is 1.41. The van der Waals surface area contributed by atoms with Gasteiger partial charge in [-0.25, -0.2) is 9.97 Å². The number of carbonyl (C=O) groups excluding carboxylic acids is 1. The van der Waals surface area contributed by atoms with E-state index < -0.39 is 5.24 Å². The molecule has 5 nitrogen and oxygen atoms in total. The zero-order valence-electron chi connectivity index (χ0n) is 5.78. The van der Waals surface area contributed by atoms with E-state index in [-0.39, 0.29) is 5.69 Å². The molecule has 2 rings (SSSR count). The fourth-order valence-corrected chi connectivity index (χ4v) is 1.04. The highest BCUT2D eigenvalue weighted by Crippen LogP contribution is 2.12. The lowest BCUT2D eigenvalue weighted by molar-refractivity contribution is 0.107. The highest BCUT2D eigenvalue weighted by atomic mass is 35.5. The molecular formula is C6H3ClN4O. The van der Waals surface area contributed by atoms with Gasteiger partial charge in [-0.05, 0) is 11.6 Å². The molecule has 0 saturated carbocycles. The molecule has 0 radical (unpaired) electrons. The summed E-state index contributed by atoms with van der Waals surface area (Å²) < 4.78 is 0. The maximum Gasteiger partial charge on any atom is 0.274 e. The van der Waals surface area contributed by atoms with Crippen molar-refractivity contribution in [3.63, 3.8) is 0 Å². The van der Waals surface area contributed by atoms with Gasteiger partial charge in [-0.15, -0.1) is 0 Å². The van der Waals surface area contributed by atoms with Crippen LogP contribution in [0.1, 0.15) is 10.5 Å². The summed E-state index contributed by atoms with van der Waals surface area (Å²) in [6.45, 7) is 0. The molecule has 1 N–H and O–H groups in total. The molecule has 0 aliphatic rings. The van der Waals surface area contributed by atoms with Crippen molar-refractivity contribution >= 4 is 27.9 Å². The van der Waals surface area contributed by atoms with E-state index in [2.05, 4.69) is 20.2 Å². The van der Waals surface area contributed by atoms with Crippen LogP contribution in [0.2, 0.25) is 0 Å². The molecule has 0 spiro atoms. The number of hydrogen-bond donors (Lipinski definition) is 1. The summed E-state index contributed by atoms with van der Waals surface area (Å²) in [5, 5.41) is 5.65. The molecule has 0 fully saturated rings. The quantitative estimate of drug-likeness (QED) is 0.660. The monoisotopic (exact) mass is 182 g/mol. The number of carbonyl (C=O) groups is 1. The largest absolute Gasteiger partial charge is 0.274 e. The summed E-state index contributed by atoms with van der Waals surface area (Å²) >= 11 is 5.24. The Kier molecular flexibility index (Phi) is 1.51. The Hall–Kier alpha value is -1.49. The highest BCUT2D eigenvalue weighted by molar-refractivity contribution is 6.68. The van der Waals surface area contributed by atoms with Gasteiger partial charge in [0, 0.05) is 0 Å². The van der Waals surface area contributed by atoms with Crippen LogP contribution >= 0.6 is 11.6 Å². The molecule has 12 heavy (non-hydrogen) atoms. The van der Waals surface area contributed by atoms with Crippen LogP contribution in [0.4, 0.5) is 0 Å². The number of nitrogens with zero attached hydrogens (tertiary/aromatic N) is 3. The lowest BCUT2D eigenvalue weighted by Gasteiger charge is -1.85. The summed E-state index contributed by atoms with van der Waals surface area (Å²) in [6, 6.07) is 0. The predicted molar refractivity (Wildman–Crippen MR) is 41.9 cm³/mol. The fourth-order valence-electron chi connectivity index (χ4n) is 0.906. The second-order valence-corrected chi connectivity index (χ2v) is 2.47. The van der Waals surface area contributed by atoms with Crippen molar-refractivity contribution in [1.82, 2.24) is 20.2 Å².